The molecule has 0 radical (unpaired) electrons. The first-order chi connectivity index (χ1) is 12.9. The third kappa shape index (κ3) is 3.45. The van der Waals surface area contributed by atoms with E-state index in [4.69, 9.17) is 9.26 Å². The van der Waals surface area contributed by atoms with Crippen molar-refractivity contribution in [1.29, 1.82) is 0 Å². The first-order valence-electron chi connectivity index (χ1n) is 8.48. The van der Waals surface area contributed by atoms with Crippen molar-refractivity contribution < 1.29 is 17.7 Å². The van der Waals surface area contributed by atoms with Gasteiger partial charge in [0.2, 0.25) is 0 Å². The number of benzene rings is 1. The number of ether oxygens (including phenoxy) is 1. The summed E-state index contributed by atoms with van der Waals surface area (Å²) in [5.41, 5.74) is 0.684. The number of sulfonamides is 1. The highest BCUT2D eigenvalue weighted by Gasteiger charge is 2.35. The predicted octanol–water partition coefficient (Wildman–Crippen LogP) is 1.62. The van der Waals surface area contributed by atoms with Crippen LogP contribution in [0.5, 0.6) is 5.75 Å². The van der Waals surface area contributed by atoms with Crippen LogP contribution < -0.4 is 4.74 Å². The molecule has 2 aromatic heterocycles. The Balaban J connectivity index is 1.51. The largest absolute Gasteiger partial charge is 0.488 e. The monoisotopic (exact) mass is 389 g/mol. The van der Waals surface area contributed by atoms with E-state index in [1.54, 1.807) is 18.5 Å². The zero-order valence-electron chi connectivity index (χ0n) is 14.9. The number of hydrogen-bond donors (Lipinski definition) is 0. The van der Waals surface area contributed by atoms with Gasteiger partial charge in [-0.25, -0.2) is 13.4 Å². The first kappa shape index (κ1) is 17.7. The molecule has 142 valence electrons. The van der Waals surface area contributed by atoms with Crippen LogP contribution in [0, 0.1) is 6.92 Å². The van der Waals surface area contributed by atoms with Crippen molar-refractivity contribution in [2.24, 2.45) is 7.05 Å². The summed E-state index contributed by atoms with van der Waals surface area (Å²) in [6.07, 6.45) is 3.29. The average Bonchev–Trinajstić information content (AvgIpc) is 3.37. The lowest BCUT2D eigenvalue weighted by molar-refractivity contribution is 0.216. The summed E-state index contributed by atoms with van der Waals surface area (Å²) in [5, 5.41) is 3.86. The van der Waals surface area contributed by atoms with Gasteiger partial charge in [-0.1, -0.05) is 17.3 Å². The normalized spacial score (nSPS) is 18.1. The summed E-state index contributed by atoms with van der Waals surface area (Å²) in [6, 6.07) is 7.35. The summed E-state index contributed by atoms with van der Waals surface area (Å²) >= 11 is 0. The molecule has 0 bridgehead atoms. The molecule has 0 saturated carbocycles. The number of hydrogen-bond acceptors (Lipinski definition) is 7. The van der Waals surface area contributed by atoms with E-state index < -0.39 is 10.0 Å². The zero-order valence-corrected chi connectivity index (χ0v) is 15.8. The molecular weight excluding hydrogens is 370 g/mol. The van der Waals surface area contributed by atoms with Gasteiger partial charge in [0.05, 0.1) is 18.4 Å². The molecule has 1 unspecified atom stereocenters. The second kappa shape index (κ2) is 6.78. The van der Waals surface area contributed by atoms with Gasteiger partial charge in [0, 0.05) is 19.8 Å². The fourth-order valence-corrected chi connectivity index (χ4v) is 4.45. The molecule has 27 heavy (non-hydrogen) atoms. The van der Waals surface area contributed by atoms with Gasteiger partial charge in [-0.2, -0.15) is 9.29 Å². The standard InChI is InChI=1S/C17H19N5O4S/c1-12-19-17(26-20-12)14-5-3-4-6-15(14)25-13-7-8-22(9-13)27(23,24)16-10-21(2)11-18-16/h3-6,10-11,13H,7-9H2,1-2H3. The Labute approximate surface area is 156 Å². The summed E-state index contributed by atoms with van der Waals surface area (Å²) < 4.78 is 39.7. The maximum Gasteiger partial charge on any atom is 0.262 e. The lowest BCUT2D eigenvalue weighted by Gasteiger charge is -2.17. The van der Waals surface area contributed by atoms with Crippen LogP contribution in [-0.2, 0) is 17.1 Å². The van der Waals surface area contributed by atoms with Crippen LogP contribution in [0.15, 0.2) is 46.3 Å². The van der Waals surface area contributed by atoms with E-state index in [0.29, 0.717) is 36.0 Å². The highest BCUT2D eigenvalue weighted by atomic mass is 32.2. The van der Waals surface area contributed by atoms with E-state index in [-0.39, 0.29) is 17.7 Å². The molecule has 1 aliphatic rings. The average molecular weight is 389 g/mol. The van der Waals surface area contributed by atoms with Crippen molar-refractivity contribution in [1.82, 2.24) is 24.0 Å². The molecule has 1 saturated heterocycles. The highest BCUT2D eigenvalue weighted by Crippen LogP contribution is 2.31. The third-order valence-electron chi connectivity index (χ3n) is 4.33. The van der Waals surface area contributed by atoms with Gasteiger partial charge < -0.3 is 13.8 Å². The van der Waals surface area contributed by atoms with Crippen molar-refractivity contribution >= 4 is 10.0 Å². The Morgan fingerprint density at radius 3 is 2.81 bits per heavy atom. The van der Waals surface area contributed by atoms with Crippen LogP contribution >= 0.6 is 0 Å². The summed E-state index contributed by atoms with van der Waals surface area (Å²) in [7, 11) is -1.89. The van der Waals surface area contributed by atoms with Gasteiger partial charge in [-0.3, -0.25) is 0 Å². The van der Waals surface area contributed by atoms with Crippen LogP contribution in [0.25, 0.3) is 11.5 Å². The Hall–Kier alpha value is -2.72. The van der Waals surface area contributed by atoms with Crippen molar-refractivity contribution in [2.45, 2.75) is 24.5 Å². The molecule has 3 heterocycles. The molecule has 9 nitrogen and oxygen atoms in total. The number of para-hydroxylation sites is 1. The Kier molecular flexibility index (Phi) is 4.44. The zero-order chi connectivity index (χ0) is 19.0. The molecule has 0 aliphatic carbocycles. The minimum Gasteiger partial charge on any atom is -0.488 e. The predicted molar refractivity (Wildman–Crippen MR) is 95.5 cm³/mol. The van der Waals surface area contributed by atoms with E-state index in [0.717, 1.165) is 0 Å². The van der Waals surface area contributed by atoms with Crippen LogP contribution in [-0.4, -0.2) is 51.6 Å². The molecule has 1 atom stereocenters. The molecule has 0 N–H and O–H groups in total. The maximum atomic E-state index is 12.7. The maximum absolute atomic E-state index is 12.7. The van der Waals surface area contributed by atoms with Gasteiger partial charge in [-0.05, 0) is 25.5 Å². The van der Waals surface area contributed by atoms with Crippen molar-refractivity contribution in [3.8, 4) is 17.2 Å². The fraction of sp³-hybridized carbons (Fsp3) is 0.353. The molecule has 4 rings (SSSR count). The van der Waals surface area contributed by atoms with E-state index in [1.165, 1.54) is 16.8 Å². The van der Waals surface area contributed by atoms with Crippen LogP contribution in [0.2, 0.25) is 0 Å². The molecular formula is C17H19N5O4S. The number of aromatic nitrogens is 4. The van der Waals surface area contributed by atoms with E-state index in [1.807, 2.05) is 24.3 Å². The van der Waals surface area contributed by atoms with E-state index in [2.05, 4.69) is 15.1 Å². The second-order valence-electron chi connectivity index (χ2n) is 6.41. The number of rotatable bonds is 5. The van der Waals surface area contributed by atoms with Crippen LogP contribution in [0.3, 0.4) is 0 Å². The van der Waals surface area contributed by atoms with Crippen LogP contribution in [0.1, 0.15) is 12.2 Å². The molecule has 1 aromatic carbocycles. The Morgan fingerprint density at radius 2 is 2.11 bits per heavy atom. The third-order valence-corrected chi connectivity index (χ3v) is 6.08. The number of imidazole rings is 1. The van der Waals surface area contributed by atoms with Crippen molar-refractivity contribution in [3.05, 3.63) is 42.6 Å². The highest BCUT2D eigenvalue weighted by molar-refractivity contribution is 7.89. The van der Waals surface area contributed by atoms with Gasteiger partial charge >= 0.3 is 0 Å². The minimum absolute atomic E-state index is 0.0485. The van der Waals surface area contributed by atoms with Crippen molar-refractivity contribution in [2.75, 3.05) is 13.1 Å². The van der Waals surface area contributed by atoms with Gasteiger partial charge in [0.1, 0.15) is 11.9 Å². The molecule has 1 fully saturated rings. The summed E-state index contributed by atoms with van der Waals surface area (Å²) in [5.74, 6) is 1.50. The molecule has 10 heteroatoms. The molecule has 0 spiro atoms. The fourth-order valence-electron chi connectivity index (χ4n) is 3.00. The summed E-state index contributed by atoms with van der Waals surface area (Å²) in [6.45, 7) is 2.38. The first-order valence-corrected chi connectivity index (χ1v) is 9.92. The van der Waals surface area contributed by atoms with Gasteiger partial charge in [-0.15, -0.1) is 0 Å². The Bertz CT molecular complexity index is 1060. The molecule has 0 amide bonds. The quantitative estimate of drug-likeness (QED) is 0.653. The van der Waals surface area contributed by atoms with E-state index in [9.17, 15) is 8.42 Å². The minimum atomic E-state index is -3.62. The van der Waals surface area contributed by atoms with Crippen LogP contribution in [0.4, 0.5) is 0 Å². The second-order valence-corrected chi connectivity index (χ2v) is 8.30. The Morgan fingerprint density at radius 1 is 1.30 bits per heavy atom. The summed E-state index contributed by atoms with van der Waals surface area (Å²) in [4.78, 5) is 8.20. The van der Waals surface area contributed by atoms with Gasteiger partial charge in [0.25, 0.3) is 15.9 Å². The number of aryl methyl sites for hydroxylation is 2. The number of nitrogens with zero attached hydrogens (tertiary/aromatic N) is 5. The van der Waals surface area contributed by atoms with E-state index >= 15 is 0 Å². The van der Waals surface area contributed by atoms with Gasteiger partial charge in [0.15, 0.2) is 10.9 Å². The smallest absolute Gasteiger partial charge is 0.262 e. The molecule has 1 aliphatic heterocycles. The lowest BCUT2D eigenvalue weighted by atomic mass is 10.2. The topological polar surface area (TPSA) is 103 Å². The SMILES string of the molecule is Cc1noc(-c2ccccc2OC2CCN(S(=O)(=O)c3cn(C)cn3)C2)n1. The molecule has 3 aromatic rings. The van der Waals surface area contributed by atoms with Crippen molar-refractivity contribution in [3.63, 3.8) is 0 Å². The lowest BCUT2D eigenvalue weighted by Crippen LogP contribution is -2.31.